The Balaban J connectivity index is 1.67. The van der Waals surface area contributed by atoms with E-state index in [1.165, 1.54) is 18.3 Å². The average Bonchev–Trinajstić information content (AvgIpc) is 2.88. The van der Waals surface area contributed by atoms with Crippen LogP contribution in [0.1, 0.15) is 28.4 Å². The molecular weight excluding hydrogens is 538 g/mol. The van der Waals surface area contributed by atoms with Crippen LogP contribution in [0.25, 0.3) is 16.5 Å². The zero-order valence-corrected chi connectivity index (χ0v) is 21.8. The Morgan fingerprint density at radius 1 is 1.08 bits per heavy atom. The first-order chi connectivity index (χ1) is 17.8. The van der Waals surface area contributed by atoms with E-state index in [1.54, 1.807) is 49.4 Å². The maximum atomic E-state index is 13.3. The lowest BCUT2D eigenvalue weighted by Gasteiger charge is -2.14. The number of rotatable bonds is 7. The lowest BCUT2D eigenvalue weighted by atomic mass is 10.1. The Bertz CT molecular complexity index is 1580. The van der Waals surface area contributed by atoms with Crippen molar-refractivity contribution in [2.45, 2.75) is 13.8 Å². The van der Waals surface area contributed by atoms with Crippen LogP contribution in [0.2, 0.25) is 0 Å². The second kappa shape index (κ2) is 11.2. The molecule has 1 aromatic heterocycles. The van der Waals surface area contributed by atoms with Crippen molar-refractivity contribution in [1.29, 1.82) is 0 Å². The Morgan fingerprint density at radius 2 is 1.78 bits per heavy atom. The quantitative estimate of drug-likeness (QED) is 0.243. The van der Waals surface area contributed by atoms with Gasteiger partial charge in [-0.1, -0.05) is 34.1 Å². The summed E-state index contributed by atoms with van der Waals surface area (Å²) in [4.78, 5) is 42.0. The third-order valence-corrected chi connectivity index (χ3v) is 6.15. The molecule has 9 heteroatoms. The van der Waals surface area contributed by atoms with Gasteiger partial charge in [0.2, 0.25) is 11.8 Å². The fourth-order valence-electron chi connectivity index (χ4n) is 3.87. The maximum Gasteiger partial charge on any atom is 0.338 e. The van der Waals surface area contributed by atoms with Gasteiger partial charge in [-0.15, -0.1) is 0 Å². The highest BCUT2D eigenvalue weighted by molar-refractivity contribution is 9.10. The molecule has 0 aliphatic heterocycles. The molecule has 0 aliphatic carbocycles. The fourth-order valence-corrected chi connectivity index (χ4v) is 4.34. The second-order valence-electron chi connectivity index (χ2n) is 8.17. The number of hydrogen-bond donors (Lipinski definition) is 2. The number of halogens is 1. The molecule has 0 fully saturated rings. The predicted molar refractivity (Wildman–Crippen MR) is 147 cm³/mol. The molecule has 188 valence electrons. The van der Waals surface area contributed by atoms with Gasteiger partial charge < -0.3 is 15.2 Å². The van der Waals surface area contributed by atoms with Crippen molar-refractivity contribution < 1.29 is 19.4 Å². The third kappa shape index (κ3) is 5.62. The van der Waals surface area contributed by atoms with Crippen molar-refractivity contribution >= 4 is 50.5 Å². The van der Waals surface area contributed by atoms with Gasteiger partial charge in [0.1, 0.15) is 6.54 Å². The van der Waals surface area contributed by atoms with Crippen LogP contribution in [-0.2, 0) is 9.53 Å². The van der Waals surface area contributed by atoms with E-state index in [9.17, 15) is 19.5 Å². The number of carbonyl (C=O) groups is 2. The number of benzene rings is 3. The number of anilines is 1. The van der Waals surface area contributed by atoms with E-state index in [0.717, 1.165) is 14.6 Å². The van der Waals surface area contributed by atoms with Gasteiger partial charge in [-0.05, 0) is 67.9 Å². The van der Waals surface area contributed by atoms with E-state index in [-0.39, 0.29) is 30.5 Å². The molecular formula is C28H24BrN3O5. The smallest absolute Gasteiger partial charge is 0.338 e. The molecule has 0 spiro atoms. The van der Waals surface area contributed by atoms with Crippen LogP contribution < -0.4 is 10.9 Å². The third-order valence-electron chi connectivity index (χ3n) is 5.66. The number of carbonyl (C=O) groups excluding carboxylic acids is 2. The van der Waals surface area contributed by atoms with Crippen LogP contribution in [-0.4, -0.2) is 40.9 Å². The molecule has 0 aliphatic rings. The minimum Gasteiger partial charge on any atom is -0.494 e. The van der Waals surface area contributed by atoms with Crippen molar-refractivity contribution in [3.05, 3.63) is 98.2 Å². The summed E-state index contributed by atoms with van der Waals surface area (Å²) in [7, 11) is 0. The summed E-state index contributed by atoms with van der Waals surface area (Å²) in [6, 6.07) is 18.5. The van der Waals surface area contributed by atoms with Crippen molar-refractivity contribution in [2.24, 2.45) is 4.99 Å². The summed E-state index contributed by atoms with van der Waals surface area (Å²) in [6.07, 6.45) is 1.38. The van der Waals surface area contributed by atoms with Gasteiger partial charge in [0.15, 0.2) is 0 Å². The maximum absolute atomic E-state index is 13.3. The molecule has 1 amide bonds. The Hall–Kier alpha value is -4.24. The molecule has 0 radical (unpaired) electrons. The van der Waals surface area contributed by atoms with Gasteiger partial charge in [0, 0.05) is 27.1 Å². The Labute approximate surface area is 221 Å². The van der Waals surface area contributed by atoms with E-state index >= 15 is 0 Å². The molecule has 0 saturated heterocycles. The number of amides is 1. The van der Waals surface area contributed by atoms with E-state index in [2.05, 4.69) is 26.2 Å². The van der Waals surface area contributed by atoms with Crippen molar-refractivity contribution in [3.63, 3.8) is 0 Å². The number of aromatic hydroxyl groups is 1. The second-order valence-corrected chi connectivity index (χ2v) is 9.08. The number of esters is 1. The van der Waals surface area contributed by atoms with Crippen LogP contribution in [0.15, 0.2) is 81.0 Å². The van der Waals surface area contributed by atoms with Gasteiger partial charge in [-0.2, -0.15) is 0 Å². The highest BCUT2D eigenvalue weighted by atomic mass is 79.9. The van der Waals surface area contributed by atoms with E-state index in [0.29, 0.717) is 27.7 Å². The van der Waals surface area contributed by atoms with Crippen molar-refractivity contribution in [3.8, 4) is 11.6 Å². The minimum atomic E-state index is -0.478. The number of nitrogens with zero attached hydrogens (tertiary/aromatic N) is 2. The molecule has 4 aromatic rings. The largest absolute Gasteiger partial charge is 0.494 e. The molecule has 37 heavy (non-hydrogen) atoms. The molecule has 0 bridgehead atoms. The molecule has 2 N–H and O–H groups in total. The van der Waals surface area contributed by atoms with Gasteiger partial charge >= 0.3 is 5.97 Å². The molecule has 4 rings (SSSR count). The van der Waals surface area contributed by atoms with Crippen LogP contribution in [0.5, 0.6) is 5.88 Å². The summed E-state index contributed by atoms with van der Waals surface area (Å²) < 4.78 is 7.06. The van der Waals surface area contributed by atoms with Gasteiger partial charge in [-0.3, -0.25) is 14.6 Å². The zero-order chi connectivity index (χ0) is 26.5. The standard InChI is InChI=1S/C28H24BrN3O5/c1-3-37-28(36)18-8-11-20(12-9-18)32-26(34)22-7-5-4-6-21(22)23(27(32)35)15-30-16-25(33)31-24-13-10-19(29)14-17(24)2/h4-15,35H,3,16H2,1-2H3,(H,31,33). The first kappa shape index (κ1) is 25.8. The zero-order valence-electron chi connectivity index (χ0n) is 20.2. The topological polar surface area (TPSA) is 110 Å². The number of aliphatic imine (C=N–C) groups is 1. The molecule has 0 atom stereocenters. The predicted octanol–water partition coefficient (Wildman–Crippen LogP) is 5.00. The monoisotopic (exact) mass is 561 g/mol. The number of fused-ring (bicyclic) bond motifs is 1. The van der Waals surface area contributed by atoms with Gasteiger partial charge in [-0.25, -0.2) is 9.36 Å². The van der Waals surface area contributed by atoms with Crippen molar-refractivity contribution in [1.82, 2.24) is 4.57 Å². The normalized spacial score (nSPS) is 11.1. The highest BCUT2D eigenvalue weighted by Crippen LogP contribution is 2.26. The number of pyridine rings is 1. The fraction of sp³-hybridized carbons (Fsp3) is 0.143. The van der Waals surface area contributed by atoms with Crippen LogP contribution in [0.4, 0.5) is 5.69 Å². The minimum absolute atomic E-state index is 0.184. The number of aromatic nitrogens is 1. The Kier molecular flexibility index (Phi) is 7.83. The summed E-state index contributed by atoms with van der Waals surface area (Å²) >= 11 is 3.40. The summed E-state index contributed by atoms with van der Waals surface area (Å²) in [5.74, 6) is -1.14. The summed E-state index contributed by atoms with van der Waals surface area (Å²) in [6.45, 7) is 3.66. The lowest BCUT2D eigenvalue weighted by Crippen LogP contribution is -2.20. The average molecular weight is 562 g/mol. The van der Waals surface area contributed by atoms with Gasteiger partial charge in [0.25, 0.3) is 5.56 Å². The van der Waals surface area contributed by atoms with Gasteiger partial charge in [0.05, 0.1) is 23.4 Å². The molecule has 0 unspecified atom stereocenters. The first-order valence-electron chi connectivity index (χ1n) is 11.5. The van der Waals surface area contributed by atoms with Crippen LogP contribution >= 0.6 is 15.9 Å². The molecule has 0 saturated carbocycles. The number of nitrogens with one attached hydrogen (secondary N) is 1. The van der Waals surface area contributed by atoms with Crippen LogP contribution in [0.3, 0.4) is 0 Å². The highest BCUT2D eigenvalue weighted by Gasteiger charge is 2.17. The first-order valence-corrected chi connectivity index (χ1v) is 12.3. The summed E-state index contributed by atoms with van der Waals surface area (Å²) in [5, 5.41) is 14.8. The molecule has 8 nitrogen and oxygen atoms in total. The van der Waals surface area contributed by atoms with E-state index in [1.807, 2.05) is 19.1 Å². The molecule has 3 aromatic carbocycles. The lowest BCUT2D eigenvalue weighted by molar-refractivity contribution is -0.114. The van der Waals surface area contributed by atoms with E-state index < -0.39 is 11.5 Å². The van der Waals surface area contributed by atoms with Crippen LogP contribution in [0, 0.1) is 6.92 Å². The number of hydrogen-bond acceptors (Lipinski definition) is 6. The number of ether oxygens (including phenoxy) is 1. The van der Waals surface area contributed by atoms with E-state index in [4.69, 9.17) is 4.74 Å². The number of aryl methyl sites for hydroxylation is 1. The van der Waals surface area contributed by atoms with Crippen molar-refractivity contribution in [2.75, 3.05) is 18.5 Å². The Morgan fingerprint density at radius 3 is 2.46 bits per heavy atom. The SMILES string of the molecule is CCOC(=O)c1ccc(-n2c(O)c(C=NCC(=O)Nc3ccc(Br)cc3C)c3ccccc3c2=O)cc1. The molecule has 1 heterocycles. The summed E-state index contributed by atoms with van der Waals surface area (Å²) in [5.41, 5.74) is 2.12.